The number of nitrogens with one attached hydrogen (secondary N) is 2. The highest BCUT2D eigenvalue weighted by atomic mass is 32.3. The Bertz CT molecular complexity index is 1980. The zero-order chi connectivity index (χ0) is 26.8. The van der Waals surface area contributed by atoms with Gasteiger partial charge in [-0.15, -0.1) is 3.89 Å². The van der Waals surface area contributed by atoms with Crippen LogP contribution in [0.25, 0.3) is 44.0 Å². The maximum absolute atomic E-state index is 14.0. The van der Waals surface area contributed by atoms with E-state index in [9.17, 15) is 22.4 Å². The fourth-order valence-electron chi connectivity index (χ4n) is 5.34. The monoisotopic (exact) mass is 529 g/mol. The van der Waals surface area contributed by atoms with Gasteiger partial charge in [0.1, 0.15) is 10.5 Å². The summed E-state index contributed by atoms with van der Waals surface area (Å²) in [7, 11) is -4.94. The van der Waals surface area contributed by atoms with E-state index in [-0.39, 0.29) is 17.4 Å². The second-order valence-electron chi connectivity index (χ2n) is 10.2. The summed E-state index contributed by atoms with van der Waals surface area (Å²) in [6, 6.07) is 12.5. The van der Waals surface area contributed by atoms with Gasteiger partial charge in [0.15, 0.2) is 5.43 Å². The van der Waals surface area contributed by atoms with Crippen LogP contribution in [0.2, 0.25) is 0 Å². The van der Waals surface area contributed by atoms with Crippen LogP contribution in [-0.4, -0.2) is 36.0 Å². The van der Waals surface area contributed by atoms with Gasteiger partial charge >= 0.3 is 10.2 Å². The molecule has 5 aromatic rings. The highest BCUT2D eigenvalue weighted by molar-refractivity contribution is 7.86. The van der Waals surface area contributed by atoms with Crippen molar-refractivity contribution >= 4 is 43.1 Å². The molecule has 2 N–H and O–H groups in total. The zero-order valence-electron chi connectivity index (χ0n) is 20.7. The van der Waals surface area contributed by atoms with E-state index in [0.717, 1.165) is 17.1 Å². The molecule has 8 nitrogen and oxygen atoms in total. The first-order valence-corrected chi connectivity index (χ1v) is 13.7. The number of hydrogen-bond acceptors (Lipinski definition) is 6. The van der Waals surface area contributed by atoms with E-state index in [2.05, 4.69) is 39.8 Å². The topological polar surface area (TPSA) is 121 Å². The van der Waals surface area contributed by atoms with Crippen LogP contribution in [-0.2, 0) is 16.6 Å². The molecule has 10 heteroatoms. The van der Waals surface area contributed by atoms with E-state index in [4.69, 9.17) is 0 Å². The average Bonchev–Trinajstić information content (AvgIpc) is 3.23. The van der Waals surface area contributed by atoms with Crippen molar-refractivity contribution in [3.8, 4) is 17.2 Å². The van der Waals surface area contributed by atoms with E-state index in [1.807, 2.05) is 12.1 Å². The first-order chi connectivity index (χ1) is 18.2. The van der Waals surface area contributed by atoms with Gasteiger partial charge in [-0.1, -0.05) is 19.9 Å². The predicted molar refractivity (Wildman–Crippen MR) is 144 cm³/mol. The summed E-state index contributed by atoms with van der Waals surface area (Å²) in [5.41, 5.74) is 4.45. The van der Waals surface area contributed by atoms with Gasteiger partial charge in [-0.05, 0) is 53.8 Å². The van der Waals surface area contributed by atoms with Crippen LogP contribution in [0.15, 0.2) is 58.5 Å². The van der Waals surface area contributed by atoms with Crippen LogP contribution < -0.4 is 10.7 Å². The van der Waals surface area contributed by atoms with Crippen molar-refractivity contribution in [2.75, 3.05) is 13.1 Å². The number of nitriles is 1. The van der Waals surface area contributed by atoms with E-state index in [0.29, 0.717) is 63.7 Å². The highest BCUT2D eigenvalue weighted by Crippen LogP contribution is 2.35. The molecular formula is C28H24FN5O3S. The van der Waals surface area contributed by atoms with Crippen LogP contribution in [0, 0.1) is 17.2 Å². The molecule has 0 saturated carbocycles. The van der Waals surface area contributed by atoms with Gasteiger partial charge < -0.3 is 14.9 Å². The molecule has 1 aliphatic rings. The molecule has 1 aliphatic heterocycles. The molecule has 0 atom stereocenters. The molecule has 0 unspecified atom stereocenters. The Labute approximate surface area is 217 Å². The number of pyridine rings is 2. The molecule has 0 aliphatic carbocycles. The van der Waals surface area contributed by atoms with E-state index in [1.165, 1.54) is 12.3 Å². The van der Waals surface area contributed by atoms with Gasteiger partial charge in [-0.25, -0.2) is 0 Å². The lowest BCUT2D eigenvalue weighted by molar-refractivity contribution is 0.357. The summed E-state index contributed by atoms with van der Waals surface area (Å²) >= 11 is 0. The van der Waals surface area contributed by atoms with Gasteiger partial charge in [-0.3, -0.25) is 9.78 Å². The Morgan fingerprint density at radius 3 is 2.61 bits per heavy atom. The number of aromatic nitrogens is 3. The summed E-state index contributed by atoms with van der Waals surface area (Å²) in [6.07, 6.45) is 3.12. The summed E-state index contributed by atoms with van der Waals surface area (Å²) in [5, 5.41) is 14.5. The van der Waals surface area contributed by atoms with Crippen molar-refractivity contribution in [3.05, 3.63) is 70.1 Å². The molecule has 4 heterocycles. The van der Waals surface area contributed by atoms with Crippen LogP contribution in [0.5, 0.6) is 0 Å². The fraction of sp³-hybridized carbons (Fsp3) is 0.250. The van der Waals surface area contributed by atoms with E-state index in [1.54, 1.807) is 18.2 Å². The van der Waals surface area contributed by atoms with Gasteiger partial charge in [0, 0.05) is 47.3 Å². The van der Waals surface area contributed by atoms with Crippen molar-refractivity contribution in [2.24, 2.45) is 5.92 Å². The van der Waals surface area contributed by atoms with Gasteiger partial charge in [0.2, 0.25) is 0 Å². The number of halogens is 1. The largest absolute Gasteiger partial charge is 0.340 e. The number of fused-ring (bicyclic) bond motifs is 4. The maximum Gasteiger partial charge on any atom is 0.333 e. The molecule has 0 radical (unpaired) electrons. The Morgan fingerprint density at radius 1 is 1.16 bits per heavy atom. The molecule has 0 spiro atoms. The SMILES string of the molecule is CC(C)Cc1cc2c(=O)c3c4ccc(C#N)cc4[nH]c3n(C3CNC3)c2cc1-c1cncc(S(=O)(=O)F)c1. The summed E-state index contributed by atoms with van der Waals surface area (Å²) < 4.78 is 39.2. The third-order valence-electron chi connectivity index (χ3n) is 7.16. The zero-order valence-corrected chi connectivity index (χ0v) is 21.6. The van der Waals surface area contributed by atoms with Gasteiger partial charge in [-0.2, -0.15) is 13.7 Å². The number of benzene rings is 2. The number of H-pyrrole nitrogens is 1. The highest BCUT2D eigenvalue weighted by Gasteiger charge is 2.26. The lowest BCUT2D eigenvalue weighted by atomic mass is 9.92. The van der Waals surface area contributed by atoms with Crippen molar-refractivity contribution in [1.29, 1.82) is 5.26 Å². The normalized spacial score (nSPS) is 14.4. The quantitative estimate of drug-likeness (QED) is 0.322. The van der Waals surface area contributed by atoms with Gasteiger partial charge in [0.05, 0.1) is 28.6 Å². The minimum absolute atomic E-state index is 0.0728. The molecule has 1 fully saturated rings. The fourth-order valence-corrected chi connectivity index (χ4v) is 5.80. The molecule has 38 heavy (non-hydrogen) atoms. The van der Waals surface area contributed by atoms with Crippen LogP contribution in [0.3, 0.4) is 0 Å². The molecule has 3 aromatic heterocycles. The number of nitrogens with zero attached hydrogens (tertiary/aromatic N) is 3. The second kappa shape index (κ2) is 8.75. The van der Waals surface area contributed by atoms with E-state index >= 15 is 0 Å². The third kappa shape index (κ3) is 3.86. The van der Waals surface area contributed by atoms with Gasteiger partial charge in [0.25, 0.3) is 0 Å². The minimum Gasteiger partial charge on any atom is -0.340 e. The molecular weight excluding hydrogens is 505 g/mol. The standard InChI is InChI=1S/C28H24FN5O3S/c1-15(2)5-17-8-23-25(9-22(17)18-7-20(14-31-11-18)38(29,36)37)34(19-12-32-13-19)28-26(27(23)35)21-4-3-16(10-30)6-24(21)33-28/h3-4,6-9,11,14-15,19,32-33H,5,12-13H2,1-2H3. The Kier molecular flexibility index (Phi) is 5.59. The van der Waals surface area contributed by atoms with Crippen molar-refractivity contribution in [3.63, 3.8) is 0 Å². The molecule has 6 rings (SSSR count). The summed E-state index contributed by atoms with van der Waals surface area (Å²) in [4.78, 5) is 20.9. The first kappa shape index (κ1) is 24.3. The van der Waals surface area contributed by atoms with Crippen LogP contribution in [0.1, 0.15) is 31.0 Å². The van der Waals surface area contributed by atoms with Crippen LogP contribution in [0.4, 0.5) is 3.89 Å². The summed E-state index contributed by atoms with van der Waals surface area (Å²) in [5.74, 6) is 0.242. The Hall–Kier alpha value is -4.07. The minimum atomic E-state index is -4.94. The lowest BCUT2D eigenvalue weighted by Gasteiger charge is -2.32. The number of aromatic amines is 1. The molecule has 2 aromatic carbocycles. The smallest absolute Gasteiger partial charge is 0.333 e. The van der Waals surface area contributed by atoms with Crippen molar-refractivity contribution in [2.45, 2.75) is 31.2 Å². The second-order valence-corrected chi connectivity index (χ2v) is 11.6. The Balaban J connectivity index is 1.74. The number of hydrogen-bond donors (Lipinski definition) is 2. The third-order valence-corrected chi connectivity index (χ3v) is 7.95. The molecule has 0 bridgehead atoms. The van der Waals surface area contributed by atoms with E-state index < -0.39 is 15.1 Å². The summed E-state index contributed by atoms with van der Waals surface area (Å²) in [6.45, 7) is 5.55. The van der Waals surface area contributed by atoms with Crippen molar-refractivity contribution in [1.82, 2.24) is 19.9 Å². The number of rotatable bonds is 5. The van der Waals surface area contributed by atoms with Crippen molar-refractivity contribution < 1.29 is 12.3 Å². The maximum atomic E-state index is 14.0. The molecule has 0 amide bonds. The first-order valence-electron chi connectivity index (χ1n) is 12.3. The molecule has 1 saturated heterocycles. The van der Waals surface area contributed by atoms with Crippen LogP contribution >= 0.6 is 0 Å². The average molecular weight is 530 g/mol. The lowest BCUT2D eigenvalue weighted by Crippen LogP contribution is -2.44. The Morgan fingerprint density at radius 2 is 1.95 bits per heavy atom. The predicted octanol–water partition coefficient (Wildman–Crippen LogP) is 4.57. The molecule has 192 valence electrons.